The average Bonchev–Trinajstić information content (AvgIpc) is 2.75. The largest absolute Gasteiger partial charge is 0.462 e. The second-order valence-electron chi connectivity index (χ2n) is 6.75. The predicted molar refractivity (Wildman–Crippen MR) is 114 cm³/mol. The fraction of sp³-hybridized carbons (Fsp3) is 0.250. The summed E-state index contributed by atoms with van der Waals surface area (Å²) < 4.78 is 10.6. The van der Waals surface area contributed by atoms with Crippen molar-refractivity contribution in [2.45, 2.75) is 25.7 Å². The quantitative estimate of drug-likeness (QED) is 0.317. The van der Waals surface area contributed by atoms with Crippen LogP contribution in [0.3, 0.4) is 0 Å². The van der Waals surface area contributed by atoms with Crippen molar-refractivity contribution in [2.24, 2.45) is 0 Å². The molecule has 0 aliphatic rings. The summed E-state index contributed by atoms with van der Waals surface area (Å²) in [6, 6.07) is 20.1. The Hall–Kier alpha value is -2.85. The third-order valence-corrected chi connectivity index (χ3v) is 4.82. The molecular formula is C24H23ClO4. The molecule has 150 valence electrons. The van der Waals surface area contributed by atoms with E-state index in [0.717, 1.165) is 36.5 Å². The topological polar surface area (TPSA) is 52.6 Å². The molecular weight excluding hydrogens is 388 g/mol. The molecule has 29 heavy (non-hydrogen) atoms. The van der Waals surface area contributed by atoms with E-state index in [9.17, 15) is 9.59 Å². The smallest absolute Gasteiger partial charge is 0.338 e. The lowest BCUT2D eigenvalue weighted by molar-refractivity contribution is 0.0474. The van der Waals surface area contributed by atoms with Crippen LogP contribution in [0.5, 0.6) is 0 Å². The molecule has 0 radical (unpaired) electrons. The lowest BCUT2D eigenvalue weighted by Gasteiger charge is -2.07. The second-order valence-corrected chi connectivity index (χ2v) is 7.19. The maximum atomic E-state index is 12.2. The van der Waals surface area contributed by atoms with Crippen molar-refractivity contribution in [3.63, 3.8) is 0 Å². The first-order chi connectivity index (χ1) is 14.1. The number of rotatable bonds is 9. The van der Waals surface area contributed by atoms with Crippen molar-refractivity contribution >= 4 is 34.3 Å². The lowest BCUT2D eigenvalue weighted by Crippen LogP contribution is -2.07. The lowest BCUT2D eigenvalue weighted by atomic mass is 10.1. The molecule has 0 saturated heterocycles. The molecule has 0 aliphatic carbocycles. The molecule has 0 N–H and O–H groups in total. The van der Waals surface area contributed by atoms with E-state index in [1.54, 1.807) is 30.3 Å². The van der Waals surface area contributed by atoms with Gasteiger partial charge in [0.25, 0.3) is 0 Å². The van der Waals surface area contributed by atoms with Gasteiger partial charge in [0.15, 0.2) is 0 Å². The molecule has 0 bridgehead atoms. The highest BCUT2D eigenvalue weighted by Gasteiger charge is 2.08. The van der Waals surface area contributed by atoms with Crippen LogP contribution in [-0.2, 0) is 9.47 Å². The highest BCUT2D eigenvalue weighted by atomic mass is 35.5. The van der Waals surface area contributed by atoms with Gasteiger partial charge in [0, 0.05) is 5.02 Å². The molecule has 0 saturated carbocycles. The Bertz CT molecular complexity index is 966. The van der Waals surface area contributed by atoms with E-state index in [4.69, 9.17) is 21.1 Å². The number of carbonyl (C=O) groups excluding carboxylic acids is 2. The van der Waals surface area contributed by atoms with Gasteiger partial charge in [-0.1, -0.05) is 41.9 Å². The summed E-state index contributed by atoms with van der Waals surface area (Å²) in [6.45, 7) is 0.758. The molecule has 0 amide bonds. The summed E-state index contributed by atoms with van der Waals surface area (Å²) in [4.78, 5) is 24.0. The van der Waals surface area contributed by atoms with Crippen LogP contribution >= 0.6 is 11.6 Å². The highest BCUT2D eigenvalue weighted by molar-refractivity contribution is 6.30. The van der Waals surface area contributed by atoms with E-state index < -0.39 is 0 Å². The molecule has 0 aromatic heterocycles. The maximum absolute atomic E-state index is 12.2. The molecule has 0 spiro atoms. The Kier molecular flexibility index (Phi) is 7.65. The zero-order valence-electron chi connectivity index (χ0n) is 16.1. The van der Waals surface area contributed by atoms with E-state index in [1.807, 2.05) is 36.4 Å². The van der Waals surface area contributed by atoms with Gasteiger partial charge in [-0.3, -0.25) is 0 Å². The van der Waals surface area contributed by atoms with Crippen LogP contribution in [0, 0.1) is 0 Å². The number of hydrogen-bond acceptors (Lipinski definition) is 4. The molecule has 0 atom stereocenters. The number of hydrogen-bond donors (Lipinski definition) is 0. The summed E-state index contributed by atoms with van der Waals surface area (Å²) in [6.07, 6.45) is 3.37. The fourth-order valence-corrected chi connectivity index (χ4v) is 3.08. The SMILES string of the molecule is O=C(OCCCCCCOC(=O)c1ccc2ccccc2c1)c1ccc(Cl)cc1. The van der Waals surface area contributed by atoms with Crippen LogP contribution in [0.25, 0.3) is 10.8 Å². The first-order valence-electron chi connectivity index (χ1n) is 9.72. The van der Waals surface area contributed by atoms with Gasteiger partial charge in [-0.2, -0.15) is 0 Å². The van der Waals surface area contributed by atoms with Crippen molar-refractivity contribution in [2.75, 3.05) is 13.2 Å². The van der Waals surface area contributed by atoms with Crippen molar-refractivity contribution in [3.8, 4) is 0 Å². The third-order valence-electron chi connectivity index (χ3n) is 4.57. The van der Waals surface area contributed by atoms with Crippen LogP contribution in [-0.4, -0.2) is 25.2 Å². The summed E-state index contributed by atoms with van der Waals surface area (Å²) >= 11 is 5.80. The maximum Gasteiger partial charge on any atom is 0.338 e. The molecule has 3 rings (SSSR count). The Morgan fingerprint density at radius 2 is 1.21 bits per heavy atom. The standard InChI is InChI=1S/C24H23ClO4/c25-22-13-11-19(12-14-22)23(26)28-15-5-1-2-6-16-29-24(27)21-10-9-18-7-3-4-8-20(18)17-21/h3-4,7-14,17H,1-2,5-6,15-16H2. The molecule has 3 aromatic carbocycles. The Morgan fingerprint density at radius 3 is 1.86 bits per heavy atom. The summed E-state index contributed by atoms with van der Waals surface area (Å²) in [5.41, 5.74) is 1.06. The van der Waals surface area contributed by atoms with Crippen molar-refractivity contribution < 1.29 is 19.1 Å². The number of fused-ring (bicyclic) bond motifs is 1. The summed E-state index contributed by atoms with van der Waals surface area (Å²) in [7, 11) is 0. The summed E-state index contributed by atoms with van der Waals surface area (Å²) in [5, 5.41) is 2.71. The zero-order chi connectivity index (χ0) is 20.5. The normalized spacial score (nSPS) is 10.7. The number of carbonyl (C=O) groups is 2. The van der Waals surface area contributed by atoms with E-state index in [2.05, 4.69) is 0 Å². The van der Waals surface area contributed by atoms with E-state index in [1.165, 1.54) is 0 Å². The average molecular weight is 411 g/mol. The van der Waals surface area contributed by atoms with E-state index in [0.29, 0.717) is 29.4 Å². The van der Waals surface area contributed by atoms with Crippen LogP contribution in [0.1, 0.15) is 46.4 Å². The van der Waals surface area contributed by atoms with E-state index >= 15 is 0 Å². The van der Waals surface area contributed by atoms with Crippen molar-refractivity contribution in [1.82, 2.24) is 0 Å². The summed E-state index contributed by atoms with van der Waals surface area (Å²) in [5.74, 6) is -0.640. The van der Waals surface area contributed by atoms with E-state index in [-0.39, 0.29) is 11.9 Å². The van der Waals surface area contributed by atoms with Gasteiger partial charge < -0.3 is 9.47 Å². The second kappa shape index (κ2) is 10.6. The minimum atomic E-state index is -0.342. The number of ether oxygens (including phenoxy) is 2. The number of esters is 2. The van der Waals surface area contributed by atoms with Crippen LogP contribution in [0.4, 0.5) is 0 Å². The first kappa shape index (κ1) is 20.9. The molecule has 0 aliphatic heterocycles. The molecule has 4 nitrogen and oxygen atoms in total. The van der Waals surface area contributed by atoms with Gasteiger partial charge in [-0.25, -0.2) is 9.59 Å². The minimum absolute atomic E-state index is 0.298. The fourth-order valence-electron chi connectivity index (χ4n) is 2.96. The molecule has 3 aromatic rings. The molecule has 0 unspecified atom stereocenters. The molecule has 0 fully saturated rings. The van der Waals surface area contributed by atoms with Gasteiger partial charge in [-0.05, 0) is 72.9 Å². The molecule has 0 heterocycles. The van der Waals surface area contributed by atoms with Crippen LogP contribution < -0.4 is 0 Å². The zero-order valence-corrected chi connectivity index (χ0v) is 16.9. The van der Waals surface area contributed by atoms with Gasteiger partial charge in [0.05, 0.1) is 24.3 Å². The Morgan fingerprint density at radius 1 is 0.655 bits per heavy atom. The van der Waals surface area contributed by atoms with Gasteiger partial charge >= 0.3 is 11.9 Å². The van der Waals surface area contributed by atoms with Crippen molar-refractivity contribution in [3.05, 3.63) is 82.9 Å². The Labute approximate surface area is 175 Å². The predicted octanol–water partition coefficient (Wildman–Crippen LogP) is 6.07. The first-order valence-corrected chi connectivity index (χ1v) is 10.1. The van der Waals surface area contributed by atoms with Crippen molar-refractivity contribution in [1.29, 1.82) is 0 Å². The third kappa shape index (κ3) is 6.33. The van der Waals surface area contributed by atoms with Gasteiger partial charge in [0.2, 0.25) is 0 Å². The Balaban J connectivity index is 1.28. The van der Waals surface area contributed by atoms with Gasteiger partial charge in [-0.15, -0.1) is 0 Å². The number of benzene rings is 3. The highest BCUT2D eigenvalue weighted by Crippen LogP contribution is 2.16. The monoisotopic (exact) mass is 410 g/mol. The van der Waals surface area contributed by atoms with Gasteiger partial charge in [0.1, 0.15) is 0 Å². The number of unbranched alkanes of at least 4 members (excludes halogenated alkanes) is 3. The minimum Gasteiger partial charge on any atom is -0.462 e. The van der Waals surface area contributed by atoms with Crippen LogP contribution in [0.2, 0.25) is 5.02 Å². The number of halogens is 1. The van der Waals surface area contributed by atoms with Crippen LogP contribution in [0.15, 0.2) is 66.7 Å². The molecule has 5 heteroatoms.